The molecule has 0 bridgehead atoms. The van der Waals surface area contributed by atoms with Crippen molar-refractivity contribution in [2.24, 2.45) is 0 Å². The van der Waals surface area contributed by atoms with Crippen molar-refractivity contribution in [2.75, 3.05) is 14.2 Å². The highest BCUT2D eigenvalue weighted by Gasteiger charge is 2.28. The Balaban J connectivity index is 1.47. The summed E-state index contributed by atoms with van der Waals surface area (Å²) in [5.41, 5.74) is 0.707. The third kappa shape index (κ3) is 4.94. The predicted octanol–water partition coefficient (Wildman–Crippen LogP) is 6.67. The maximum absolute atomic E-state index is 14.8. The van der Waals surface area contributed by atoms with Crippen molar-refractivity contribution >= 4 is 5.97 Å². The molecule has 0 aromatic heterocycles. The minimum atomic E-state index is -1.21. The van der Waals surface area contributed by atoms with Gasteiger partial charge in [-0.05, 0) is 73.1 Å². The van der Waals surface area contributed by atoms with Gasteiger partial charge in [-0.25, -0.2) is 18.0 Å². The second-order valence-electron chi connectivity index (χ2n) is 8.30. The number of benzene rings is 3. The van der Waals surface area contributed by atoms with Crippen LogP contribution in [-0.2, 0) is 4.74 Å². The molecule has 3 aromatic rings. The van der Waals surface area contributed by atoms with Crippen molar-refractivity contribution < 1.29 is 32.2 Å². The molecule has 3 aromatic carbocycles. The van der Waals surface area contributed by atoms with E-state index >= 15 is 0 Å². The van der Waals surface area contributed by atoms with Gasteiger partial charge in [0.25, 0.3) is 0 Å². The second kappa shape index (κ2) is 10.3. The fraction of sp³-hybridized carbons (Fsp3) is 0.296. The van der Waals surface area contributed by atoms with E-state index in [0.717, 1.165) is 12.8 Å². The molecule has 0 spiro atoms. The van der Waals surface area contributed by atoms with E-state index in [-0.39, 0.29) is 23.3 Å². The average molecular weight is 470 g/mol. The molecule has 4 nitrogen and oxygen atoms in total. The molecule has 34 heavy (non-hydrogen) atoms. The molecule has 0 saturated heterocycles. The number of carbonyl (C=O) groups is 1. The van der Waals surface area contributed by atoms with Gasteiger partial charge in [-0.15, -0.1) is 0 Å². The second-order valence-corrected chi connectivity index (χ2v) is 8.30. The Labute approximate surface area is 196 Å². The average Bonchev–Trinajstić information content (AvgIpc) is 2.86. The molecule has 0 N–H and O–H groups in total. The van der Waals surface area contributed by atoms with Gasteiger partial charge < -0.3 is 14.2 Å². The van der Waals surface area contributed by atoms with Gasteiger partial charge >= 0.3 is 5.97 Å². The molecular formula is C27H25F3O4. The van der Waals surface area contributed by atoms with Crippen molar-refractivity contribution in [3.63, 3.8) is 0 Å². The zero-order valence-electron chi connectivity index (χ0n) is 18.9. The van der Waals surface area contributed by atoms with Crippen LogP contribution in [-0.4, -0.2) is 26.3 Å². The van der Waals surface area contributed by atoms with E-state index in [9.17, 15) is 18.0 Å². The summed E-state index contributed by atoms with van der Waals surface area (Å²) in [4.78, 5) is 12.5. The fourth-order valence-corrected chi connectivity index (χ4v) is 4.37. The van der Waals surface area contributed by atoms with E-state index in [1.165, 1.54) is 37.4 Å². The molecule has 0 radical (unpaired) electrons. The summed E-state index contributed by atoms with van der Waals surface area (Å²) in [6, 6.07) is 13.3. The highest BCUT2D eigenvalue weighted by Crippen LogP contribution is 2.36. The van der Waals surface area contributed by atoms with Crippen molar-refractivity contribution in [3.8, 4) is 22.6 Å². The van der Waals surface area contributed by atoms with Crippen LogP contribution in [0.5, 0.6) is 11.5 Å². The molecule has 0 aliphatic heterocycles. The van der Waals surface area contributed by atoms with Gasteiger partial charge in [0.1, 0.15) is 17.3 Å². The lowest BCUT2D eigenvalue weighted by Gasteiger charge is -2.28. The number of halogens is 3. The van der Waals surface area contributed by atoms with Crippen LogP contribution in [0, 0.1) is 17.5 Å². The Morgan fingerprint density at radius 1 is 0.824 bits per heavy atom. The Bertz CT molecular complexity index is 1170. The highest BCUT2D eigenvalue weighted by molar-refractivity contribution is 5.91. The summed E-state index contributed by atoms with van der Waals surface area (Å²) in [6.07, 6.45) is 3.09. The summed E-state index contributed by atoms with van der Waals surface area (Å²) < 4.78 is 59.4. The zero-order chi connectivity index (χ0) is 24.2. The predicted molar refractivity (Wildman–Crippen MR) is 122 cm³/mol. The summed E-state index contributed by atoms with van der Waals surface area (Å²) >= 11 is 0. The van der Waals surface area contributed by atoms with Crippen LogP contribution in [0.25, 0.3) is 11.1 Å². The molecule has 1 aliphatic carbocycles. The SMILES string of the molecule is COc1ccc(-c2ccc(OC(=O)c3ccc(C4CCC(OC)CC4)c(F)c3F)cc2)c(F)c1. The first kappa shape index (κ1) is 23.8. The molecule has 0 unspecified atom stereocenters. The Morgan fingerprint density at radius 3 is 2.12 bits per heavy atom. The van der Waals surface area contributed by atoms with Crippen LogP contribution < -0.4 is 9.47 Å². The molecule has 1 aliphatic rings. The van der Waals surface area contributed by atoms with Crippen LogP contribution in [0.1, 0.15) is 47.5 Å². The molecule has 0 heterocycles. The molecular weight excluding hydrogens is 445 g/mol. The standard InChI is InChI=1S/C27H25F3O4/c1-32-18-7-3-17(4-8-18)22-13-14-23(26(30)25(22)29)27(31)34-19-9-5-16(6-10-19)21-12-11-20(33-2)15-24(21)28/h5-6,9-15,17-18H,3-4,7-8H2,1-2H3. The van der Waals surface area contributed by atoms with Crippen LogP contribution in [0.3, 0.4) is 0 Å². The van der Waals surface area contributed by atoms with E-state index in [2.05, 4.69) is 0 Å². The third-order valence-electron chi connectivity index (χ3n) is 6.33. The normalized spacial score (nSPS) is 17.9. The van der Waals surface area contributed by atoms with Crippen molar-refractivity contribution in [1.29, 1.82) is 0 Å². The lowest BCUT2D eigenvalue weighted by Crippen LogP contribution is -2.20. The quantitative estimate of drug-likeness (QED) is 0.298. The number of hydrogen-bond acceptors (Lipinski definition) is 4. The van der Waals surface area contributed by atoms with Crippen LogP contribution in [0.4, 0.5) is 13.2 Å². The molecule has 1 saturated carbocycles. The minimum Gasteiger partial charge on any atom is -0.497 e. The maximum Gasteiger partial charge on any atom is 0.346 e. The Kier molecular flexibility index (Phi) is 7.22. The van der Waals surface area contributed by atoms with Crippen molar-refractivity contribution in [1.82, 2.24) is 0 Å². The lowest BCUT2D eigenvalue weighted by molar-refractivity contribution is 0.0654. The van der Waals surface area contributed by atoms with E-state index < -0.39 is 29.0 Å². The molecule has 4 rings (SSSR count). The van der Waals surface area contributed by atoms with Gasteiger partial charge in [-0.3, -0.25) is 0 Å². The minimum absolute atomic E-state index is 0.114. The number of hydrogen-bond donors (Lipinski definition) is 0. The summed E-state index contributed by atoms with van der Waals surface area (Å²) in [6.45, 7) is 0. The van der Waals surface area contributed by atoms with E-state index in [1.807, 2.05) is 0 Å². The number of carbonyl (C=O) groups excluding carboxylic acids is 1. The maximum atomic E-state index is 14.8. The highest BCUT2D eigenvalue weighted by atomic mass is 19.2. The number of ether oxygens (including phenoxy) is 3. The fourth-order valence-electron chi connectivity index (χ4n) is 4.37. The molecule has 0 atom stereocenters. The van der Waals surface area contributed by atoms with Gasteiger partial charge in [0.2, 0.25) is 0 Å². The van der Waals surface area contributed by atoms with Crippen molar-refractivity contribution in [3.05, 3.63) is 83.2 Å². The molecule has 7 heteroatoms. The topological polar surface area (TPSA) is 44.8 Å². The van der Waals surface area contributed by atoms with Crippen molar-refractivity contribution in [2.45, 2.75) is 37.7 Å². The summed E-state index contributed by atoms with van der Waals surface area (Å²) in [7, 11) is 3.10. The van der Waals surface area contributed by atoms with Gasteiger partial charge in [0.05, 0.1) is 18.8 Å². The molecule has 178 valence electrons. The van der Waals surface area contributed by atoms with Crippen LogP contribution in [0.15, 0.2) is 54.6 Å². The summed E-state index contributed by atoms with van der Waals surface area (Å²) in [5, 5.41) is 0. The van der Waals surface area contributed by atoms with Crippen LogP contribution >= 0.6 is 0 Å². The monoisotopic (exact) mass is 470 g/mol. The lowest BCUT2D eigenvalue weighted by atomic mass is 9.82. The first-order valence-corrected chi connectivity index (χ1v) is 11.1. The van der Waals surface area contributed by atoms with E-state index in [4.69, 9.17) is 14.2 Å². The Morgan fingerprint density at radius 2 is 1.50 bits per heavy atom. The van der Waals surface area contributed by atoms with Gasteiger partial charge in [-0.2, -0.15) is 0 Å². The van der Waals surface area contributed by atoms with Gasteiger partial charge in [-0.1, -0.05) is 18.2 Å². The number of esters is 1. The largest absolute Gasteiger partial charge is 0.497 e. The smallest absolute Gasteiger partial charge is 0.346 e. The summed E-state index contributed by atoms with van der Waals surface area (Å²) in [5.74, 6) is -3.28. The van der Waals surface area contributed by atoms with E-state index in [0.29, 0.717) is 29.7 Å². The molecule has 1 fully saturated rings. The van der Waals surface area contributed by atoms with Crippen LogP contribution in [0.2, 0.25) is 0 Å². The van der Waals surface area contributed by atoms with E-state index in [1.54, 1.807) is 31.4 Å². The van der Waals surface area contributed by atoms with Gasteiger partial charge in [0.15, 0.2) is 11.6 Å². The first-order valence-electron chi connectivity index (χ1n) is 11.1. The Hall–Kier alpha value is -3.32. The first-order chi connectivity index (χ1) is 16.4. The third-order valence-corrected chi connectivity index (χ3v) is 6.33. The molecule has 0 amide bonds. The number of methoxy groups -OCH3 is 2. The van der Waals surface area contributed by atoms with Gasteiger partial charge in [0, 0.05) is 18.7 Å². The zero-order valence-corrected chi connectivity index (χ0v) is 18.9. The number of rotatable bonds is 6.